The second kappa shape index (κ2) is 7.84. The molecule has 0 N–H and O–H groups in total. The van der Waals surface area contributed by atoms with Crippen LogP contribution >= 0.6 is 0 Å². The summed E-state index contributed by atoms with van der Waals surface area (Å²) in [5.74, 6) is 0. The zero-order valence-electron chi connectivity index (χ0n) is 12.9. The normalized spacial score (nSPS) is 12.4. The van der Waals surface area contributed by atoms with Crippen molar-refractivity contribution in [1.29, 1.82) is 0 Å². The number of ether oxygens (including phenoxy) is 2. The Labute approximate surface area is 113 Å². The summed E-state index contributed by atoms with van der Waals surface area (Å²) in [4.78, 5) is 4.18. The van der Waals surface area contributed by atoms with Crippen molar-refractivity contribution in [3.05, 3.63) is 0 Å². The van der Waals surface area contributed by atoms with Gasteiger partial charge >= 0.3 is 0 Å². The first kappa shape index (κ1) is 17.5. The van der Waals surface area contributed by atoms with Crippen molar-refractivity contribution in [2.75, 3.05) is 19.8 Å². The van der Waals surface area contributed by atoms with Gasteiger partial charge in [0.1, 0.15) is 6.54 Å². The van der Waals surface area contributed by atoms with Crippen LogP contribution in [0.2, 0.25) is 18.1 Å². The first-order chi connectivity index (χ1) is 8.24. The van der Waals surface area contributed by atoms with Crippen LogP contribution in [0, 0.1) is 0 Å². The summed E-state index contributed by atoms with van der Waals surface area (Å²) in [6.07, 6.45) is -0.276. The molecule has 0 aliphatic carbocycles. The first-order valence-corrected chi connectivity index (χ1v) is 9.56. The van der Waals surface area contributed by atoms with Gasteiger partial charge in [-0.15, -0.1) is 0 Å². The lowest BCUT2D eigenvalue weighted by Gasteiger charge is -2.30. The summed E-state index contributed by atoms with van der Waals surface area (Å²) in [5.41, 5.74) is 0. The van der Waals surface area contributed by atoms with Crippen LogP contribution in [-0.4, -0.2) is 40.3 Å². The lowest BCUT2D eigenvalue weighted by molar-refractivity contribution is -0.128. The number of rotatable bonds is 7. The van der Waals surface area contributed by atoms with Gasteiger partial charge in [0.05, 0.1) is 6.01 Å². The predicted octanol–water partition coefficient (Wildman–Crippen LogP) is 3.56. The molecule has 0 bridgehead atoms. The van der Waals surface area contributed by atoms with Crippen molar-refractivity contribution in [3.8, 4) is 0 Å². The van der Waals surface area contributed by atoms with Gasteiger partial charge in [0, 0.05) is 13.2 Å². The molecule has 0 aromatic carbocycles. The molecule has 0 aromatic rings. The van der Waals surface area contributed by atoms with Crippen LogP contribution in [0.3, 0.4) is 0 Å². The minimum absolute atomic E-state index is 0.217. The van der Waals surface area contributed by atoms with Crippen LogP contribution in [0.4, 0.5) is 0 Å². The van der Waals surface area contributed by atoms with Crippen molar-refractivity contribution in [2.24, 2.45) is 9.65 Å². The third kappa shape index (κ3) is 6.45. The quantitative estimate of drug-likeness (QED) is 0.404. The number of hydrogen-bond donors (Lipinski definition) is 0. The largest absolute Gasteiger partial charge is 0.351 e. The topological polar surface area (TPSA) is 43.2 Å². The molecule has 0 unspecified atom stereocenters. The Morgan fingerprint density at radius 3 is 2.00 bits per heavy atom. The predicted molar refractivity (Wildman–Crippen MR) is 79.0 cm³/mol. The van der Waals surface area contributed by atoms with E-state index in [2.05, 4.69) is 49.5 Å². The summed E-state index contributed by atoms with van der Waals surface area (Å²) in [7, 11) is -1.68. The molecule has 5 heteroatoms. The molecule has 4 nitrogen and oxygen atoms in total. The molecular formula is C13H28N2O2Si. The van der Waals surface area contributed by atoms with Gasteiger partial charge < -0.3 is 9.47 Å². The van der Waals surface area contributed by atoms with Gasteiger partial charge in [-0.05, 0) is 32.0 Å². The second-order valence-electron chi connectivity index (χ2n) is 5.70. The second-order valence-corrected chi connectivity index (χ2v) is 10.5. The third-order valence-corrected chi connectivity index (χ3v) is 7.51. The first-order valence-electron chi connectivity index (χ1n) is 6.61. The summed E-state index contributed by atoms with van der Waals surface area (Å²) in [5, 5.41) is 0.217. The summed E-state index contributed by atoms with van der Waals surface area (Å²) in [6.45, 7) is 16.7. The van der Waals surface area contributed by atoms with Gasteiger partial charge in [0.15, 0.2) is 14.5 Å². The molecule has 0 aliphatic heterocycles. The lowest BCUT2D eigenvalue weighted by Crippen LogP contribution is -2.34. The molecule has 0 saturated heterocycles. The third-order valence-electron chi connectivity index (χ3n) is 3.18. The van der Waals surface area contributed by atoms with Crippen LogP contribution in [0.5, 0.6) is 0 Å². The van der Waals surface area contributed by atoms with Gasteiger partial charge in [-0.2, -0.15) is 0 Å². The van der Waals surface area contributed by atoms with Crippen molar-refractivity contribution in [3.63, 3.8) is 0 Å². The number of aliphatic imine (C=N–C) groups is 1. The summed E-state index contributed by atoms with van der Waals surface area (Å²) < 4.78 is 15.3. The fraction of sp³-hybridized carbons (Fsp3) is 0.923. The Morgan fingerprint density at radius 2 is 1.61 bits per heavy atom. The standard InChI is InChI=1S/C13H28N2O2Si/c1-8-16-12(17-9-2)10-14-11-15-18(6,7)13(3,4)5/h12H,8-10H2,1-7H3. The van der Waals surface area contributed by atoms with E-state index in [9.17, 15) is 0 Å². The van der Waals surface area contributed by atoms with Gasteiger partial charge in [0.2, 0.25) is 0 Å². The van der Waals surface area contributed by atoms with Crippen LogP contribution in [0.1, 0.15) is 34.6 Å². The van der Waals surface area contributed by atoms with Crippen molar-refractivity contribution in [2.45, 2.75) is 59.0 Å². The van der Waals surface area contributed by atoms with Gasteiger partial charge in [0.25, 0.3) is 0 Å². The van der Waals surface area contributed by atoms with Crippen molar-refractivity contribution in [1.82, 2.24) is 0 Å². The SMILES string of the molecule is CCOC(CN=C=N[Si](C)(C)C(C)(C)C)OCC. The van der Waals surface area contributed by atoms with Crippen LogP contribution < -0.4 is 0 Å². The van der Waals surface area contributed by atoms with E-state index in [1.165, 1.54) is 0 Å². The molecule has 0 rings (SSSR count). The van der Waals surface area contributed by atoms with E-state index in [1.54, 1.807) is 0 Å². The minimum Gasteiger partial charge on any atom is -0.351 e. The maximum Gasteiger partial charge on any atom is 0.194 e. The number of nitrogens with zero attached hydrogens (tertiary/aromatic N) is 2. The molecule has 18 heavy (non-hydrogen) atoms. The maximum absolute atomic E-state index is 5.40. The van der Waals surface area contributed by atoms with Crippen molar-refractivity contribution >= 4 is 14.2 Å². The molecule has 0 atom stereocenters. The zero-order valence-corrected chi connectivity index (χ0v) is 13.9. The molecule has 0 heterocycles. The fourth-order valence-corrected chi connectivity index (χ4v) is 1.62. The Bertz CT molecular complexity index is 286. The average molecular weight is 272 g/mol. The molecule has 0 aromatic heterocycles. The van der Waals surface area contributed by atoms with E-state index in [1.807, 2.05) is 13.8 Å². The van der Waals surface area contributed by atoms with Gasteiger partial charge in [-0.3, -0.25) is 4.66 Å². The molecule has 0 radical (unpaired) electrons. The van der Waals surface area contributed by atoms with Gasteiger partial charge in [-0.1, -0.05) is 20.8 Å². The fourth-order valence-electron chi connectivity index (χ4n) is 0.969. The van der Waals surface area contributed by atoms with Gasteiger partial charge in [-0.25, -0.2) is 4.99 Å². The average Bonchev–Trinajstić information content (AvgIpc) is 2.23. The monoisotopic (exact) mass is 272 g/mol. The molecule has 0 spiro atoms. The highest BCUT2D eigenvalue weighted by atomic mass is 28.3. The molecule has 0 aliphatic rings. The molecule has 0 amide bonds. The highest BCUT2D eigenvalue weighted by molar-refractivity contribution is 6.79. The highest BCUT2D eigenvalue weighted by Gasteiger charge is 2.35. The van der Waals surface area contributed by atoms with E-state index < -0.39 is 8.24 Å². The maximum atomic E-state index is 5.40. The highest BCUT2D eigenvalue weighted by Crippen LogP contribution is 2.36. The molecular weight excluding hydrogens is 244 g/mol. The Morgan fingerprint density at radius 1 is 1.11 bits per heavy atom. The molecule has 106 valence electrons. The minimum atomic E-state index is -1.68. The Hall–Kier alpha value is -0.483. The van der Waals surface area contributed by atoms with Crippen molar-refractivity contribution < 1.29 is 9.47 Å². The van der Waals surface area contributed by atoms with E-state index in [-0.39, 0.29) is 11.3 Å². The van der Waals surface area contributed by atoms with Crippen LogP contribution in [0.25, 0.3) is 0 Å². The van der Waals surface area contributed by atoms with E-state index in [4.69, 9.17) is 9.47 Å². The summed E-state index contributed by atoms with van der Waals surface area (Å²) >= 11 is 0. The van der Waals surface area contributed by atoms with E-state index in [0.717, 1.165) is 0 Å². The smallest absolute Gasteiger partial charge is 0.194 e. The summed E-state index contributed by atoms with van der Waals surface area (Å²) in [6, 6.07) is 2.83. The zero-order chi connectivity index (χ0) is 14.2. The van der Waals surface area contributed by atoms with E-state index >= 15 is 0 Å². The molecule has 0 fully saturated rings. The van der Waals surface area contributed by atoms with Crippen LogP contribution in [0.15, 0.2) is 9.65 Å². The Balaban J connectivity index is 4.45. The van der Waals surface area contributed by atoms with E-state index in [0.29, 0.717) is 19.8 Å². The Kier molecular flexibility index (Phi) is 7.63. The van der Waals surface area contributed by atoms with Crippen LogP contribution in [-0.2, 0) is 9.47 Å². The molecule has 0 saturated carbocycles. The number of hydrogen-bond acceptors (Lipinski definition) is 4. The lowest BCUT2D eigenvalue weighted by atomic mass is 10.2.